The van der Waals surface area contributed by atoms with Crippen molar-refractivity contribution >= 4 is 15.4 Å². The molecule has 3 heteroatoms. The van der Waals surface area contributed by atoms with Gasteiger partial charge in [-0.05, 0) is 44.2 Å². The van der Waals surface area contributed by atoms with E-state index in [0.29, 0.717) is 7.92 Å². The van der Waals surface area contributed by atoms with Gasteiger partial charge in [0.25, 0.3) is 0 Å². The van der Waals surface area contributed by atoms with Gasteiger partial charge >= 0.3 is 0 Å². The van der Waals surface area contributed by atoms with Crippen molar-refractivity contribution in [3.05, 3.63) is 0 Å². The molecule has 3 aliphatic heterocycles. The lowest BCUT2D eigenvalue weighted by Gasteiger charge is -2.23. The molecule has 0 aromatic heterocycles. The lowest BCUT2D eigenvalue weighted by atomic mass is 10.4. The van der Waals surface area contributed by atoms with Crippen LogP contribution in [0, 0.1) is 0 Å². The van der Waals surface area contributed by atoms with Gasteiger partial charge in [0.05, 0.1) is 18.5 Å². The minimum absolute atomic E-state index is 0.390. The zero-order valence-corrected chi connectivity index (χ0v) is 10.2. The topological polar surface area (TPSA) is 20.2 Å². The van der Waals surface area contributed by atoms with Crippen molar-refractivity contribution in [3.8, 4) is 0 Å². The van der Waals surface area contributed by atoms with Crippen molar-refractivity contribution in [1.82, 2.24) is 0 Å². The van der Waals surface area contributed by atoms with Crippen molar-refractivity contribution in [2.45, 2.75) is 25.7 Å². The predicted octanol–water partition coefficient (Wildman–Crippen LogP) is 2.98. The van der Waals surface area contributed by atoms with Crippen LogP contribution in [0.5, 0.6) is 0 Å². The number of hydrogen-bond acceptors (Lipinski definition) is 1. The Labute approximate surface area is 83.5 Å². The zero-order valence-electron chi connectivity index (χ0n) is 8.41. The maximum atomic E-state index is 10.4. The highest BCUT2D eigenvalue weighted by Crippen LogP contribution is 2.60. The first-order chi connectivity index (χ1) is 6.29. The first-order valence-corrected chi connectivity index (χ1v) is 9.79. The van der Waals surface area contributed by atoms with Crippen LogP contribution < -0.4 is 0 Å². The van der Waals surface area contributed by atoms with Gasteiger partial charge in [0, 0.05) is 0 Å². The lowest BCUT2D eigenvalue weighted by molar-refractivity contribution is 0.588. The Balaban J connectivity index is 2.05. The molecule has 1 nitrogen and oxygen atoms in total. The second-order valence-corrected chi connectivity index (χ2v) is 10.7. The largest absolute Gasteiger partial charge is 0.252 e. The number of rotatable bonds is 0. The highest BCUT2D eigenvalue weighted by molar-refractivity contribution is 7.70. The third-order valence-electron chi connectivity index (χ3n) is 3.40. The summed E-state index contributed by atoms with van der Waals surface area (Å²) in [6.45, 7) is 0. The van der Waals surface area contributed by atoms with E-state index in [-0.39, 0.29) is 0 Å². The van der Waals surface area contributed by atoms with E-state index in [1.807, 2.05) is 0 Å². The van der Waals surface area contributed by atoms with Gasteiger partial charge in [0.2, 0.25) is 0 Å². The van der Waals surface area contributed by atoms with E-state index in [1.165, 1.54) is 62.7 Å². The van der Waals surface area contributed by atoms with Gasteiger partial charge in [-0.1, -0.05) is 0 Å². The average Bonchev–Trinajstić information content (AvgIpc) is 2.20. The van der Waals surface area contributed by atoms with Crippen molar-refractivity contribution in [2.75, 3.05) is 37.0 Å². The van der Waals surface area contributed by atoms with E-state index < -0.39 is 7.49 Å². The maximum absolute atomic E-state index is 10.4. The molecular weight excluding hydrogens is 198 g/mol. The second-order valence-electron chi connectivity index (χ2n) is 4.52. The van der Waals surface area contributed by atoms with Gasteiger partial charge in [-0.3, -0.25) is 4.89 Å². The quantitative estimate of drug-likeness (QED) is 0.621. The summed E-state index contributed by atoms with van der Waals surface area (Å²) < 4.78 is 0. The molecule has 2 bridgehead atoms. The Kier molecular flexibility index (Phi) is 3.63. The monoisotopic (exact) mass is 219 g/mol. The Hall–Kier alpha value is 0.820. The third-order valence-corrected chi connectivity index (χ3v) is 9.69. The van der Waals surface area contributed by atoms with Gasteiger partial charge < -0.3 is 0 Å². The summed E-state index contributed by atoms with van der Waals surface area (Å²) in [6.07, 6.45) is 13.5. The number of hydrogen-bond donors (Lipinski definition) is 1. The first kappa shape index (κ1) is 10.3. The van der Waals surface area contributed by atoms with Crippen LogP contribution >= 0.6 is 15.4 Å². The molecule has 3 aliphatic rings. The standard InChI is InChI=1S/C10H21OP2/c11-13-8-2-1-5-12(6-3-9-13)7-4-10-13/h11H,1-10H2/q+1. The highest BCUT2D eigenvalue weighted by Gasteiger charge is 2.36. The van der Waals surface area contributed by atoms with Crippen LogP contribution in [-0.4, -0.2) is 41.9 Å². The number of fused-ring (bicyclic) bond motifs is 7. The van der Waals surface area contributed by atoms with E-state index >= 15 is 0 Å². The normalized spacial score (nSPS) is 41.8. The summed E-state index contributed by atoms with van der Waals surface area (Å²) >= 11 is 0. The van der Waals surface area contributed by atoms with Crippen molar-refractivity contribution in [3.63, 3.8) is 0 Å². The zero-order chi connectivity index (χ0) is 9.15. The van der Waals surface area contributed by atoms with Gasteiger partial charge in [-0.2, -0.15) is 0 Å². The van der Waals surface area contributed by atoms with E-state index in [9.17, 15) is 4.89 Å². The van der Waals surface area contributed by atoms with Crippen LogP contribution in [0.3, 0.4) is 0 Å². The van der Waals surface area contributed by atoms with Crippen molar-refractivity contribution in [2.24, 2.45) is 0 Å². The van der Waals surface area contributed by atoms with Crippen LogP contribution in [-0.2, 0) is 0 Å². The highest BCUT2D eigenvalue weighted by atomic mass is 31.2. The Morgan fingerprint density at radius 1 is 0.769 bits per heavy atom. The SMILES string of the molecule is O[P+]12CCCCP(CCC1)CCC2. The fraction of sp³-hybridized carbons (Fsp3) is 1.00. The molecule has 0 aliphatic carbocycles. The minimum Gasteiger partial charge on any atom is -0.252 e. The van der Waals surface area contributed by atoms with Gasteiger partial charge in [0.1, 0.15) is 7.49 Å². The van der Waals surface area contributed by atoms with E-state index in [2.05, 4.69) is 0 Å². The molecule has 3 rings (SSSR count). The van der Waals surface area contributed by atoms with Crippen LogP contribution in [0.2, 0.25) is 0 Å². The molecule has 0 radical (unpaired) electrons. The van der Waals surface area contributed by atoms with Crippen LogP contribution in [0.15, 0.2) is 0 Å². The summed E-state index contributed by atoms with van der Waals surface area (Å²) in [5, 5.41) is 0. The molecule has 0 saturated carbocycles. The predicted molar refractivity (Wildman–Crippen MR) is 63.7 cm³/mol. The molecule has 3 fully saturated rings. The molecule has 0 amide bonds. The smallest absolute Gasteiger partial charge is 0.142 e. The Bertz CT molecular complexity index is 157. The molecule has 0 atom stereocenters. The van der Waals surface area contributed by atoms with Crippen LogP contribution in [0.25, 0.3) is 0 Å². The summed E-state index contributed by atoms with van der Waals surface area (Å²) in [7, 11) is -1.02. The van der Waals surface area contributed by atoms with Crippen LogP contribution in [0.4, 0.5) is 0 Å². The van der Waals surface area contributed by atoms with Crippen molar-refractivity contribution in [1.29, 1.82) is 0 Å². The fourth-order valence-corrected chi connectivity index (χ4v) is 8.62. The lowest BCUT2D eigenvalue weighted by Crippen LogP contribution is -2.11. The molecule has 0 aromatic carbocycles. The van der Waals surface area contributed by atoms with E-state index in [4.69, 9.17) is 0 Å². The Morgan fingerprint density at radius 3 is 2.00 bits per heavy atom. The van der Waals surface area contributed by atoms with E-state index in [0.717, 1.165) is 0 Å². The fourth-order valence-electron chi connectivity index (χ4n) is 2.59. The Morgan fingerprint density at radius 2 is 1.31 bits per heavy atom. The molecule has 13 heavy (non-hydrogen) atoms. The molecule has 76 valence electrons. The molecule has 0 aromatic rings. The van der Waals surface area contributed by atoms with Gasteiger partial charge in [-0.25, -0.2) is 0 Å². The van der Waals surface area contributed by atoms with Gasteiger partial charge in [-0.15, -0.1) is 7.92 Å². The molecule has 3 saturated heterocycles. The molecular formula is C10H21OP2+. The first-order valence-electron chi connectivity index (χ1n) is 5.60. The average molecular weight is 219 g/mol. The molecule has 0 unspecified atom stereocenters. The second kappa shape index (κ2) is 4.56. The van der Waals surface area contributed by atoms with Crippen LogP contribution in [0.1, 0.15) is 25.7 Å². The van der Waals surface area contributed by atoms with E-state index in [1.54, 1.807) is 0 Å². The summed E-state index contributed by atoms with van der Waals surface area (Å²) in [6, 6.07) is 0. The van der Waals surface area contributed by atoms with Crippen molar-refractivity contribution < 1.29 is 4.89 Å². The third kappa shape index (κ3) is 2.88. The molecule has 1 N–H and O–H groups in total. The molecule has 0 spiro atoms. The maximum Gasteiger partial charge on any atom is 0.142 e. The van der Waals surface area contributed by atoms with Gasteiger partial charge in [0.15, 0.2) is 0 Å². The minimum atomic E-state index is -1.41. The molecule has 3 heterocycles. The summed E-state index contributed by atoms with van der Waals surface area (Å²) in [5.74, 6) is 0. The summed E-state index contributed by atoms with van der Waals surface area (Å²) in [4.78, 5) is 10.4. The summed E-state index contributed by atoms with van der Waals surface area (Å²) in [5.41, 5.74) is 0.